The van der Waals surface area contributed by atoms with Crippen LogP contribution >= 0.6 is 11.6 Å². The summed E-state index contributed by atoms with van der Waals surface area (Å²) in [7, 11) is 1.96. The predicted molar refractivity (Wildman–Crippen MR) is 80.1 cm³/mol. The Kier molecular flexibility index (Phi) is 3.32. The van der Waals surface area contributed by atoms with Crippen molar-refractivity contribution in [1.82, 2.24) is 14.5 Å². The molecule has 0 aliphatic heterocycles. The summed E-state index contributed by atoms with van der Waals surface area (Å²) in [5.74, 6) is 1.60. The first-order chi connectivity index (χ1) is 9.70. The van der Waals surface area contributed by atoms with Gasteiger partial charge in [0.2, 0.25) is 0 Å². The van der Waals surface area contributed by atoms with E-state index in [0.29, 0.717) is 11.6 Å². The number of imidazole rings is 1. The summed E-state index contributed by atoms with van der Waals surface area (Å²) in [6.07, 6.45) is 3.54. The van der Waals surface area contributed by atoms with Gasteiger partial charge in [0.05, 0.1) is 29.4 Å². The second-order valence-corrected chi connectivity index (χ2v) is 4.87. The van der Waals surface area contributed by atoms with Gasteiger partial charge >= 0.3 is 0 Å². The molecular formula is C15H14ClN3O. The van der Waals surface area contributed by atoms with Gasteiger partial charge in [-0.05, 0) is 31.2 Å². The van der Waals surface area contributed by atoms with Crippen molar-refractivity contribution in [1.29, 1.82) is 0 Å². The van der Waals surface area contributed by atoms with E-state index in [0.717, 1.165) is 28.2 Å². The summed E-state index contributed by atoms with van der Waals surface area (Å²) < 4.78 is 7.67. The Labute approximate surface area is 122 Å². The van der Waals surface area contributed by atoms with Crippen LogP contribution in [-0.2, 0) is 7.05 Å². The zero-order valence-corrected chi connectivity index (χ0v) is 12.1. The molecule has 0 N–H and O–H groups in total. The second-order valence-electron chi connectivity index (χ2n) is 4.43. The number of benzene rings is 1. The van der Waals surface area contributed by atoms with E-state index >= 15 is 0 Å². The first-order valence-electron chi connectivity index (χ1n) is 6.40. The number of aromatic nitrogens is 3. The summed E-state index contributed by atoms with van der Waals surface area (Å²) >= 11 is 6.11. The van der Waals surface area contributed by atoms with Crippen molar-refractivity contribution in [2.45, 2.75) is 6.92 Å². The Balaban J connectivity index is 2.24. The molecular weight excluding hydrogens is 274 g/mol. The number of nitrogens with zero attached hydrogens (tertiary/aromatic N) is 3. The van der Waals surface area contributed by atoms with Gasteiger partial charge in [-0.1, -0.05) is 11.6 Å². The Morgan fingerprint density at radius 2 is 2.15 bits per heavy atom. The summed E-state index contributed by atoms with van der Waals surface area (Å²) in [6, 6.07) is 7.46. The van der Waals surface area contributed by atoms with Gasteiger partial charge in [-0.15, -0.1) is 0 Å². The maximum Gasteiger partial charge on any atom is 0.144 e. The molecule has 0 aliphatic carbocycles. The van der Waals surface area contributed by atoms with E-state index in [4.69, 9.17) is 16.3 Å². The molecule has 5 heteroatoms. The van der Waals surface area contributed by atoms with Crippen LogP contribution in [0.4, 0.5) is 0 Å². The second kappa shape index (κ2) is 5.13. The molecule has 4 nitrogen and oxygen atoms in total. The Bertz CT molecular complexity index is 767. The molecule has 20 heavy (non-hydrogen) atoms. The van der Waals surface area contributed by atoms with Crippen LogP contribution in [0, 0.1) is 0 Å². The third kappa shape index (κ3) is 2.12. The van der Waals surface area contributed by atoms with Gasteiger partial charge < -0.3 is 9.30 Å². The SMILES string of the molecule is CCOc1ccc(Cl)cc1-c1nc2ccncc2n1C. The average molecular weight is 288 g/mol. The Hall–Kier alpha value is -2.07. The van der Waals surface area contributed by atoms with Gasteiger partial charge in [0.1, 0.15) is 11.6 Å². The third-order valence-corrected chi connectivity index (χ3v) is 3.40. The number of fused-ring (bicyclic) bond motifs is 1. The van der Waals surface area contributed by atoms with Crippen molar-refractivity contribution < 1.29 is 4.74 Å². The standard InChI is InChI=1S/C15H14ClN3O/c1-3-20-14-5-4-10(16)8-11(14)15-18-12-6-7-17-9-13(12)19(15)2/h4-9H,3H2,1-2H3. The monoisotopic (exact) mass is 287 g/mol. The minimum Gasteiger partial charge on any atom is -0.493 e. The minimum absolute atomic E-state index is 0.597. The van der Waals surface area contributed by atoms with E-state index in [2.05, 4.69) is 9.97 Å². The summed E-state index contributed by atoms with van der Waals surface area (Å²) in [6.45, 7) is 2.55. The Morgan fingerprint density at radius 3 is 2.90 bits per heavy atom. The molecule has 0 unspecified atom stereocenters. The van der Waals surface area contributed by atoms with Crippen LogP contribution in [0.2, 0.25) is 5.02 Å². The lowest BCUT2D eigenvalue weighted by Crippen LogP contribution is -1.98. The van der Waals surface area contributed by atoms with E-state index in [1.54, 1.807) is 12.4 Å². The molecule has 102 valence electrons. The van der Waals surface area contributed by atoms with Gasteiger partial charge in [-0.2, -0.15) is 0 Å². The average Bonchev–Trinajstić information content (AvgIpc) is 2.79. The topological polar surface area (TPSA) is 39.9 Å². The fourth-order valence-corrected chi connectivity index (χ4v) is 2.41. The first-order valence-corrected chi connectivity index (χ1v) is 6.77. The largest absolute Gasteiger partial charge is 0.493 e. The van der Waals surface area contributed by atoms with Crippen molar-refractivity contribution in [3.8, 4) is 17.1 Å². The quantitative estimate of drug-likeness (QED) is 0.737. The van der Waals surface area contributed by atoms with Crippen LogP contribution in [-0.4, -0.2) is 21.1 Å². The molecule has 0 atom stereocenters. The molecule has 2 heterocycles. The molecule has 0 fully saturated rings. The first kappa shape index (κ1) is 12.9. The van der Waals surface area contributed by atoms with E-state index in [9.17, 15) is 0 Å². The predicted octanol–water partition coefficient (Wildman–Crippen LogP) is 3.69. The molecule has 3 rings (SSSR count). The van der Waals surface area contributed by atoms with E-state index in [1.165, 1.54) is 0 Å². The van der Waals surface area contributed by atoms with Crippen LogP contribution in [0.1, 0.15) is 6.92 Å². The van der Waals surface area contributed by atoms with Crippen LogP contribution in [0.5, 0.6) is 5.75 Å². The van der Waals surface area contributed by atoms with Crippen molar-refractivity contribution >= 4 is 22.6 Å². The fraction of sp³-hybridized carbons (Fsp3) is 0.200. The smallest absolute Gasteiger partial charge is 0.144 e. The van der Waals surface area contributed by atoms with Gasteiger partial charge in [-0.25, -0.2) is 4.98 Å². The lowest BCUT2D eigenvalue weighted by molar-refractivity contribution is 0.341. The molecule has 0 saturated heterocycles. The van der Waals surface area contributed by atoms with Crippen molar-refractivity contribution in [3.05, 3.63) is 41.7 Å². The highest BCUT2D eigenvalue weighted by Gasteiger charge is 2.14. The van der Waals surface area contributed by atoms with E-state index in [1.807, 2.05) is 42.8 Å². The molecule has 0 amide bonds. The molecule has 1 aromatic carbocycles. The van der Waals surface area contributed by atoms with Gasteiger partial charge in [-0.3, -0.25) is 4.98 Å². The normalized spacial score (nSPS) is 10.9. The van der Waals surface area contributed by atoms with Crippen LogP contribution < -0.4 is 4.74 Å². The van der Waals surface area contributed by atoms with Crippen LogP contribution in [0.25, 0.3) is 22.4 Å². The number of halogens is 1. The fourth-order valence-electron chi connectivity index (χ4n) is 2.23. The zero-order chi connectivity index (χ0) is 14.1. The number of pyridine rings is 1. The zero-order valence-electron chi connectivity index (χ0n) is 11.3. The number of hydrogen-bond acceptors (Lipinski definition) is 3. The van der Waals surface area contributed by atoms with Crippen LogP contribution in [0.15, 0.2) is 36.7 Å². The van der Waals surface area contributed by atoms with Crippen LogP contribution in [0.3, 0.4) is 0 Å². The third-order valence-electron chi connectivity index (χ3n) is 3.17. The van der Waals surface area contributed by atoms with Gasteiger partial charge in [0.25, 0.3) is 0 Å². The lowest BCUT2D eigenvalue weighted by Gasteiger charge is -2.10. The molecule has 0 bridgehead atoms. The lowest BCUT2D eigenvalue weighted by atomic mass is 10.2. The number of ether oxygens (including phenoxy) is 1. The van der Waals surface area contributed by atoms with E-state index < -0.39 is 0 Å². The summed E-state index contributed by atoms with van der Waals surface area (Å²) in [5.41, 5.74) is 2.77. The molecule has 0 saturated carbocycles. The highest BCUT2D eigenvalue weighted by Crippen LogP contribution is 2.33. The highest BCUT2D eigenvalue weighted by atomic mass is 35.5. The molecule has 0 radical (unpaired) electrons. The highest BCUT2D eigenvalue weighted by molar-refractivity contribution is 6.30. The van der Waals surface area contributed by atoms with Gasteiger partial charge in [0, 0.05) is 18.3 Å². The maximum atomic E-state index is 6.11. The molecule has 0 aliphatic rings. The molecule has 2 aromatic heterocycles. The molecule has 3 aromatic rings. The number of aryl methyl sites for hydroxylation is 1. The minimum atomic E-state index is 0.597. The van der Waals surface area contributed by atoms with E-state index in [-0.39, 0.29) is 0 Å². The number of hydrogen-bond donors (Lipinski definition) is 0. The maximum absolute atomic E-state index is 6.11. The number of rotatable bonds is 3. The van der Waals surface area contributed by atoms with Crippen molar-refractivity contribution in [2.24, 2.45) is 7.05 Å². The van der Waals surface area contributed by atoms with Gasteiger partial charge in [0.15, 0.2) is 0 Å². The summed E-state index contributed by atoms with van der Waals surface area (Å²) in [4.78, 5) is 8.79. The van der Waals surface area contributed by atoms with Crippen molar-refractivity contribution in [2.75, 3.05) is 6.61 Å². The van der Waals surface area contributed by atoms with Crippen molar-refractivity contribution in [3.63, 3.8) is 0 Å². The Morgan fingerprint density at radius 1 is 1.30 bits per heavy atom. The molecule has 0 spiro atoms. The summed E-state index contributed by atoms with van der Waals surface area (Å²) in [5, 5.41) is 0.661.